The molecule has 1 heterocycles. The van der Waals surface area contributed by atoms with E-state index in [1.165, 1.54) is 6.92 Å². The van der Waals surface area contributed by atoms with Gasteiger partial charge in [0.05, 0.1) is 6.10 Å². The number of carbonyl (C=O) groups excluding carboxylic acids is 1. The van der Waals surface area contributed by atoms with Gasteiger partial charge in [0.15, 0.2) is 6.29 Å². The molecule has 5 atom stereocenters. The van der Waals surface area contributed by atoms with Gasteiger partial charge in [-0.2, -0.15) is 0 Å². The van der Waals surface area contributed by atoms with Gasteiger partial charge in [-0.3, -0.25) is 4.79 Å². The highest BCUT2D eigenvalue weighted by Gasteiger charge is 2.43. The molecule has 14 heavy (non-hydrogen) atoms. The molecule has 0 saturated carbocycles. The van der Waals surface area contributed by atoms with E-state index in [4.69, 9.17) is 14.9 Å². The first-order valence-corrected chi connectivity index (χ1v) is 4.30. The Bertz CT molecular complexity index is 218. The third-order valence-corrected chi connectivity index (χ3v) is 2.18. The summed E-state index contributed by atoms with van der Waals surface area (Å²) in [5.41, 5.74) is 0. The van der Waals surface area contributed by atoms with Gasteiger partial charge >= 0.3 is 0 Å². The SMILES string of the molecule is CC(=O)CC1OC(O)[C@@H](O)[C@H](O)[C@H]1O. The molecule has 1 aliphatic heterocycles. The van der Waals surface area contributed by atoms with E-state index >= 15 is 0 Å². The Morgan fingerprint density at radius 3 is 2.21 bits per heavy atom. The van der Waals surface area contributed by atoms with Crippen molar-refractivity contribution in [3.8, 4) is 0 Å². The summed E-state index contributed by atoms with van der Waals surface area (Å²) in [6, 6.07) is 0. The lowest BCUT2D eigenvalue weighted by Crippen LogP contribution is -2.57. The van der Waals surface area contributed by atoms with Crippen LogP contribution in [0.3, 0.4) is 0 Å². The van der Waals surface area contributed by atoms with E-state index in [9.17, 15) is 15.0 Å². The van der Waals surface area contributed by atoms with Crippen LogP contribution >= 0.6 is 0 Å². The Labute approximate surface area is 80.7 Å². The van der Waals surface area contributed by atoms with Crippen LogP contribution in [-0.4, -0.2) is 56.9 Å². The first-order valence-electron chi connectivity index (χ1n) is 4.30. The predicted molar refractivity (Wildman–Crippen MR) is 44.2 cm³/mol. The fourth-order valence-corrected chi connectivity index (χ4v) is 1.38. The topological polar surface area (TPSA) is 107 Å². The Morgan fingerprint density at radius 2 is 1.71 bits per heavy atom. The van der Waals surface area contributed by atoms with Crippen molar-refractivity contribution in [2.45, 2.75) is 44.1 Å². The summed E-state index contributed by atoms with van der Waals surface area (Å²) < 4.78 is 4.77. The fourth-order valence-electron chi connectivity index (χ4n) is 1.38. The van der Waals surface area contributed by atoms with E-state index in [1.54, 1.807) is 0 Å². The van der Waals surface area contributed by atoms with E-state index in [1.807, 2.05) is 0 Å². The zero-order valence-corrected chi connectivity index (χ0v) is 7.70. The monoisotopic (exact) mass is 206 g/mol. The van der Waals surface area contributed by atoms with Crippen LogP contribution in [0.1, 0.15) is 13.3 Å². The van der Waals surface area contributed by atoms with Crippen molar-refractivity contribution in [1.82, 2.24) is 0 Å². The molecule has 0 aromatic heterocycles. The first kappa shape index (κ1) is 11.5. The summed E-state index contributed by atoms with van der Waals surface area (Å²) >= 11 is 0. The molecule has 0 spiro atoms. The lowest BCUT2D eigenvalue weighted by atomic mass is 9.96. The van der Waals surface area contributed by atoms with Crippen LogP contribution in [0.25, 0.3) is 0 Å². The summed E-state index contributed by atoms with van der Waals surface area (Å²) in [6.07, 6.45) is -7.06. The lowest BCUT2D eigenvalue weighted by molar-refractivity contribution is -0.281. The van der Waals surface area contributed by atoms with Crippen molar-refractivity contribution in [2.24, 2.45) is 0 Å². The molecule has 82 valence electrons. The molecule has 0 bridgehead atoms. The minimum Gasteiger partial charge on any atom is -0.388 e. The number of Topliss-reactive ketones (excluding diaryl/α,β-unsaturated/α-hetero) is 1. The quantitative estimate of drug-likeness (QED) is 0.407. The number of carbonyl (C=O) groups is 1. The summed E-state index contributed by atoms with van der Waals surface area (Å²) in [5.74, 6) is -0.232. The fraction of sp³-hybridized carbons (Fsp3) is 0.875. The van der Waals surface area contributed by atoms with E-state index in [0.717, 1.165) is 0 Å². The van der Waals surface area contributed by atoms with Crippen molar-refractivity contribution < 1.29 is 30.0 Å². The second kappa shape index (κ2) is 4.33. The second-order valence-corrected chi connectivity index (χ2v) is 3.44. The molecule has 0 aromatic carbocycles. The molecule has 2 unspecified atom stereocenters. The molecule has 0 aliphatic carbocycles. The van der Waals surface area contributed by atoms with Gasteiger partial charge in [-0.25, -0.2) is 0 Å². The number of hydrogen-bond donors (Lipinski definition) is 4. The largest absolute Gasteiger partial charge is 0.388 e. The van der Waals surface area contributed by atoms with Crippen LogP contribution in [0.15, 0.2) is 0 Å². The summed E-state index contributed by atoms with van der Waals surface area (Å²) in [6.45, 7) is 1.31. The van der Waals surface area contributed by atoms with Gasteiger partial charge in [0, 0.05) is 6.42 Å². The highest BCUT2D eigenvalue weighted by Crippen LogP contribution is 2.21. The number of rotatable bonds is 2. The molecule has 1 rings (SSSR count). The third-order valence-electron chi connectivity index (χ3n) is 2.18. The molecule has 1 aliphatic rings. The molecule has 6 nitrogen and oxygen atoms in total. The minimum atomic E-state index is -1.57. The van der Waals surface area contributed by atoms with Crippen LogP contribution in [0.4, 0.5) is 0 Å². The van der Waals surface area contributed by atoms with Crippen molar-refractivity contribution >= 4 is 5.78 Å². The Balaban J connectivity index is 2.65. The smallest absolute Gasteiger partial charge is 0.183 e. The molecule has 1 fully saturated rings. The van der Waals surface area contributed by atoms with Crippen LogP contribution in [-0.2, 0) is 9.53 Å². The molecule has 4 N–H and O–H groups in total. The van der Waals surface area contributed by atoms with Gasteiger partial charge in [0.1, 0.15) is 24.1 Å². The van der Waals surface area contributed by atoms with Crippen LogP contribution < -0.4 is 0 Å². The summed E-state index contributed by atoms with van der Waals surface area (Å²) in [7, 11) is 0. The van der Waals surface area contributed by atoms with Crippen molar-refractivity contribution in [3.05, 3.63) is 0 Å². The van der Waals surface area contributed by atoms with Crippen LogP contribution in [0.5, 0.6) is 0 Å². The number of aliphatic hydroxyl groups is 4. The number of ketones is 1. The summed E-state index contributed by atoms with van der Waals surface area (Å²) in [5, 5.41) is 36.8. The summed E-state index contributed by atoms with van der Waals surface area (Å²) in [4.78, 5) is 10.7. The maximum Gasteiger partial charge on any atom is 0.183 e. The van der Waals surface area contributed by atoms with Crippen LogP contribution in [0.2, 0.25) is 0 Å². The Kier molecular flexibility index (Phi) is 3.57. The second-order valence-electron chi connectivity index (χ2n) is 3.44. The first-order chi connectivity index (χ1) is 6.43. The predicted octanol–water partition coefficient (Wildman–Crippen LogP) is -2.23. The lowest BCUT2D eigenvalue weighted by Gasteiger charge is -2.37. The third kappa shape index (κ3) is 2.28. The molecular weight excluding hydrogens is 192 g/mol. The van der Waals surface area contributed by atoms with Gasteiger partial charge in [-0.15, -0.1) is 0 Å². The minimum absolute atomic E-state index is 0.109. The Hall–Kier alpha value is -0.530. The van der Waals surface area contributed by atoms with Gasteiger partial charge < -0.3 is 25.2 Å². The molecule has 0 aromatic rings. The highest BCUT2D eigenvalue weighted by atomic mass is 16.6. The molecule has 1 saturated heterocycles. The van der Waals surface area contributed by atoms with Gasteiger partial charge in [0.2, 0.25) is 0 Å². The Morgan fingerprint density at radius 1 is 1.14 bits per heavy atom. The van der Waals surface area contributed by atoms with Crippen molar-refractivity contribution in [2.75, 3.05) is 0 Å². The average molecular weight is 206 g/mol. The highest BCUT2D eigenvalue weighted by molar-refractivity contribution is 5.76. The molecular formula is C8H14O6. The van der Waals surface area contributed by atoms with Gasteiger partial charge in [0.25, 0.3) is 0 Å². The van der Waals surface area contributed by atoms with Crippen molar-refractivity contribution in [3.63, 3.8) is 0 Å². The zero-order valence-electron chi connectivity index (χ0n) is 7.70. The molecule has 0 amide bonds. The van der Waals surface area contributed by atoms with E-state index in [-0.39, 0.29) is 12.2 Å². The van der Waals surface area contributed by atoms with Gasteiger partial charge in [-0.1, -0.05) is 0 Å². The number of hydrogen-bond acceptors (Lipinski definition) is 6. The number of aliphatic hydroxyl groups excluding tert-OH is 4. The van der Waals surface area contributed by atoms with E-state index in [2.05, 4.69) is 0 Å². The molecule has 0 radical (unpaired) electrons. The number of ether oxygens (including phenoxy) is 1. The maximum atomic E-state index is 10.7. The van der Waals surface area contributed by atoms with Crippen LogP contribution in [0, 0.1) is 0 Å². The van der Waals surface area contributed by atoms with E-state index < -0.39 is 30.7 Å². The average Bonchev–Trinajstić information content (AvgIpc) is 2.10. The van der Waals surface area contributed by atoms with E-state index in [0.29, 0.717) is 0 Å². The molecule has 6 heteroatoms. The maximum absolute atomic E-state index is 10.7. The zero-order chi connectivity index (χ0) is 10.9. The standard InChI is InChI=1S/C8H14O6/c1-3(9)2-4-5(10)6(11)7(12)8(13)14-4/h4-8,10-13H,2H2,1H3/t4?,5-,6+,7-,8?/m0/s1. The normalized spacial score (nSPS) is 43.6. The van der Waals surface area contributed by atoms with Crippen molar-refractivity contribution in [1.29, 1.82) is 0 Å². The van der Waals surface area contributed by atoms with Gasteiger partial charge in [-0.05, 0) is 6.92 Å².